The maximum absolute atomic E-state index is 4.26. The van der Waals surface area contributed by atoms with Crippen LogP contribution >= 0.6 is 0 Å². The molecule has 20 heavy (non-hydrogen) atoms. The van der Waals surface area contributed by atoms with Crippen molar-refractivity contribution in [2.24, 2.45) is 13.0 Å². The van der Waals surface area contributed by atoms with Gasteiger partial charge in [0.2, 0.25) is 0 Å². The van der Waals surface area contributed by atoms with E-state index in [0.717, 1.165) is 25.3 Å². The highest BCUT2D eigenvalue weighted by Gasteiger charge is 2.39. The number of rotatable bonds is 5. The first-order valence-electron chi connectivity index (χ1n) is 7.84. The molecular formula is C15H29N5. The molecule has 5 heteroatoms. The number of aryl methyl sites for hydroxylation is 1. The van der Waals surface area contributed by atoms with Gasteiger partial charge in [-0.2, -0.15) is 0 Å². The predicted molar refractivity (Wildman–Crippen MR) is 81.4 cm³/mol. The second-order valence-corrected chi connectivity index (χ2v) is 6.43. The van der Waals surface area contributed by atoms with E-state index in [2.05, 4.69) is 48.2 Å². The van der Waals surface area contributed by atoms with E-state index in [1.165, 1.54) is 12.8 Å². The predicted octanol–water partition coefficient (Wildman–Crippen LogP) is 1.80. The Morgan fingerprint density at radius 2 is 2.10 bits per heavy atom. The first kappa shape index (κ1) is 15.4. The zero-order chi connectivity index (χ0) is 14.8. The van der Waals surface area contributed by atoms with Gasteiger partial charge in [0.15, 0.2) is 0 Å². The molecule has 5 nitrogen and oxygen atoms in total. The van der Waals surface area contributed by atoms with Crippen molar-refractivity contribution in [2.75, 3.05) is 13.1 Å². The van der Waals surface area contributed by atoms with Gasteiger partial charge >= 0.3 is 0 Å². The minimum absolute atomic E-state index is 0.253. The summed E-state index contributed by atoms with van der Waals surface area (Å²) in [6, 6.07) is 0.567. The molecule has 1 fully saturated rings. The van der Waals surface area contributed by atoms with E-state index in [1.54, 1.807) is 4.68 Å². The fourth-order valence-electron chi connectivity index (χ4n) is 3.22. The SMILES string of the molecule is CCC1(CC)CNC(C(C)C)CN1Cc1cn(C)nn1. The van der Waals surface area contributed by atoms with Crippen molar-refractivity contribution in [1.82, 2.24) is 25.2 Å². The summed E-state index contributed by atoms with van der Waals surface area (Å²) in [5.74, 6) is 0.658. The summed E-state index contributed by atoms with van der Waals surface area (Å²) >= 11 is 0. The zero-order valence-corrected chi connectivity index (χ0v) is 13.6. The molecule has 1 N–H and O–H groups in total. The molecular weight excluding hydrogens is 250 g/mol. The van der Waals surface area contributed by atoms with Crippen molar-refractivity contribution in [3.05, 3.63) is 11.9 Å². The molecule has 0 aliphatic carbocycles. The molecule has 1 unspecified atom stereocenters. The minimum atomic E-state index is 0.253. The normalized spacial score (nSPS) is 23.4. The van der Waals surface area contributed by atoms with Gasteiger partial charge in [-0.05, 0) is 18.8 Å². The summed E-state index contributed by atoms with van der Waals surface area (Å²) < 4.78 is 1.79. The third-order valence-electron chi connectivity index (χ3n) is 4.91. The van der Waals surface area contributed by atoms with E-state index in [0.29, 0.717) is 12.0 Å². The summed E-state index contributed by atoms with van der Waals surface area (Å²) in [6.45, 7) is 12.3. The van der Waals surface area contributed by atoms with Gasteiger partial charge in [0.25, 0.3) is 0 Å². The lowest BCUT2D eigenvalue weighted by molar-refractivity contribution is 0.0146. The summed E-state index contributed by atoms with van der Waals surface area (Å²) in [5.41, 5.74) is 1.33. The van der Waals surface area contributed by atoms with Crippen molar-refractivity contribution in [3.8, 4) is 0 Å². The molecule has 1 aromatic rings. The largest absolute Gasteiger partial charge is 0.311 e. The molecule has 0 bridgehead atoms. The highest BCUT2D eigenvalue weighted by Crippen LogP contribution is 2.29. The molecule has 2 rings (SSSR count). The van der Waals surface area contributed by atoms with Crippen LogP contribution in [0.4, 0.5) is 0 Å². The molecule has 1 saturated heterocycles. The third-order valence-corrected chi connectivity index (χ3v) is 4.91. The smallest absolute Gasteiger partial charge is 0.0967 e. The highest BCUT2D eigenvalue weighted by atomic mass is 15.4. The topological polar surface area (TPSA) is 46.0 Å². The van der Waals surface area contributed by atoms with Crippen LogP contribution in [0.3, 0.4) is 0 Å². The second kappa shape index (κ2) is 6.22. The summed E-state index contributed by atoms with van der Waals surface area (Å²) in [6.07, 6.45) is 4.37. The lowest BCUT2D eigenvalue weighted by atomic mass is 9.85. The van der Waals surface area contributed by atoms with Gasteiger partial charge in [-0.15, -0.1) is 5.10 Å². The van der Waals surface area contributed by atoms with Crippen LogP contribution in [0.2, 0.25) is 0 Å². The van der Waals surface area contributed by atoms with E-state index in [4.69, 9.17) is 0 Å². The van der Waals surface area contributed by atoms with E-state index in [-0.39, 0.29) is 5.54 Å². The summed E-state index contributed by atoms with van der Waals surface area (Å²) in [4.78, 5) is 2.62. The minimum Gasteiger partial charge on any atom is -0.311 e. The monoisotopic (exact) mass is 279 g/mol. The molecule has 0 saturated carbocycles. The van der Waals surface area contributed by atoms with Crippen LogP contribution in [-0.4, -0.2) is 44.6 Å². The van der Waals surface area contributed by atoms with Crippen LogP contribution in [0.1, 0.15) is 46.2 Å². The third kappa shape index (κ3) is 3.04. The first-order valence-corrected chi connectivity index (χ1v) is 7.84. The van der Waals surface area contributed by atoms with Gasteiger partial charge in [0.05, 0.1) is 5.69 Å². The Morgan fingerprint density at radius 3 is 2.60 bits per heavy atom. The fourth-order valence-corrected chi connectivity index (χ4v) is 3.22. The fraction of sp³-hybridized carbons (Fsp3) is 0.867. The van der Waals surface area contributed by atoms with Gasteiger partial charge < -0.3 is 5.32 Å². The van der Waals surface area contributed by atoms with Crippen molar-refractivity contribution in [2.45, 2.75) is 58.7 Å². The highest BCUT2D eigenvalue weighted by molar-refractivity contribution is 5.02. The Morgan fingerprint density at radius 1 is 1.40 bits per heavy atom. The van der Waals surface area contributed by atoms with Gasteiger partial charge in [0, 0.05) is 44.5 Å². The average molecular weight is 279 g/mol. The molecule has 1 aliphatic heterocycles. The van der Waals surface area contributed by atoms with Crippen LogP contribution < -0.4 is 5.32 Å². The van der Waals surface area contributed by atoms with E-state index < -0.39 is 0 Å². The Hall–Kier alpha value is -0.940. The Kier molecular flexibility index (Phi) is 4.81. The van der Waals surface area contributed by atoms with Crippen LogP contribution in [0.5, 0.6) is 0 Å². The quantitative estimate of drug-likeness (QED) is 0.893. The van der Waals surface area contributed by atoms with Crippen LogP contribution in [0, 0.1) is 5.92 Å². The molecule has 0 spiro atoms. The van der Waals surface area contributed by atoms with Crippen LogP contribution in [0.15, 0.2) is 6.20 Å². The van der Waals surface area contributed by atoms with E-state index in [1.807, 2.05) is 13.2 Å². The van der Waals surface area contributed by atoms with Crippen molar-refractivity contribution in [3.63, 3.8) is 0 Å². The maximum atomic E-state index is 4.26. The Balaban J connectivity index is 2.17. The van der Waals surface area contributed by atoms with Crippen LogP contribution in [0.25, 0.3) is 0 Å². The number of nitrogens with zero attached hydrogens (tertiary/aromatic N) is 4. The van der Waals surface area contributed by atoms with Gasteiger partial charge in [-0.1, -0.05) is 32.9 Å². The number of aromatic nitrogens is 3. The lowest BCUT2D eigenvalue weighted by Crippen LogP contribution is -2.64. The molecule has 2 heterocycles. The van der Waals surface area contributed by atoms with E-state index >= 15 is 0 Å². The van der Waals surface area contributed by atoms with Crippen molar-refractivity contribution in [1.29, 1.82) is 0 Å². The van der Waals surface area contributed by atoms with Gasteiger partial charge in [-0.25, -0.2) is 0 Å². The number of piperazine rings is 1. The Bertz CT molecular complexity index is 422. The molecule has 1 aliphatic rings. The van der Waals surface area contributed by atoms with Gasteiger partial charge in [-0.3, -0.25) is 9.58 Å². The first-order chi connectivity index (χ1) is 9.50. The Labute approximate surface area is 122 Å². The molecule has 114 valence electrons. The molecule has 0 radical (unpaired) electrons. The second-order valence-electron chi connectivity index (χ2n) is 6.43. The van der Waals surface area contributed by atoms with E-state index in [9.17, 15) is 0 Å². The zero-order valence-electron chi connectivity index (χ0n) is 13.6. The summed E-state index contributed by atoms with van der Waals surface area (Å²) in [5, 5.41) is 12.1. The van der Waals surface area contributed by atoms with Gasteiger partial charge in [0.1, 0.15) is 0 Å². The standard InChI is InChI=1S/C15H29N5/c1-6-15(7-2)11-16-14(12(3)4)10-20(15)9-13-8-19(5)18-17-13/h8,12,14,16H,6-7,9-11H2,1-5H3. The summed E-state index contributed by atoms with van der Waals surface area (Å²) in [7, 11) is 1.93. The lowest BCUT2D eigenvalue weighted by Gasteiger charge is -2.50. The van der Waals surface area contributed by atoms with Crippen molar-refractivity contribution >= 4 is 0 Å². The molecule has 1 atom stereocenters. The number of hydrogen-bond donors (Lipinski definition) is 1. The molecule has 0 aromatic carbocycles. The van der Waals surface area contributed by atoms with Crippen molar-refractivity contribution < 1.29 is 0 Å². The molecule has 0 amide bonds. The average Bonchev–Trinajstić information content (AvgIpc) is 2.84. The molecule has 1 aromatic heterocycles. The van der Waals surface area contributed by atoms with Crippen LogP contribution in [-0.2, 0) is 13.6 Å². The maximum Gasteiger partial charge on any atom is 0.0967 e. The number of hydrogen-bond acceptors (Lipinski definition) is 4. The number of nitrogens with one attached hydrogen (secondary N) is 1.